The Morgan fingerprint density at radius 1 is 0.312 bits per heavy atom. The molecule has 8 aromatic rings. The third kappa shape index (κ3) is 5.34. The van der Waals surface area contributed by atoms with Crippen molar-refractivity contribution in [2.24, 2.45) is 0 Å². The van der Waals surface area contributed by atoms with E-state index in [4.69, 9.17) is 0 Å². The summed E-state index contributed by atoms with van der Waals surface area (Å²) in [5.41, 5.74) is 15.6. The summed E-state index contributed by atoms with van der Waals surface area (Å²) in [4.78, 5) is 0. The van der Waals surface area contributed by atoms with E-state index in [0.717, 1.165) is 12.6 Å². The maximum atomic E-state index is 2.41. The van der Waals surface area contributed by atoms with Crippen LogP contribution >= 0.6 is 0 Å². The molecule has 2 heteroatoms. The maximum absolute atomic E-state index is 2.41. The van der Waals surface area contributed by atoms with Gasteiger partial charge in [-0.1, -0.05) is 170 Å². The average Bonchev–Trinajstić information content (AvgIpc) is 3.17. The molecule has 0 atom stereocenters. The van der Waals surface area contributed by atoms with Crippen LogP contribution in [0.5, 0.6) is 0 Å². The molecule has 48 heavy (non-hydrogen) atoms. The van der Waals surface area contributed by atoms with Crippen LogP contribution in [0.1, 0.15) is 11.1 Å². The van der Waals surface area contributed by atoms with Crippen LogP contribution in [0, 0.1) is 0 Å². The fraction of sp³-hybridized carbons (Fsp3) is 0.0435. The molecule has 0 saturated heterocycles. The van der Waals surface area contributed by atoms with Gasteiger partial charge in [-0.3, -0.25) is 0 Å². The summed E-state index contributed by atoms with van der Waals surface area (Å²) in [7, 11) is 4.63. The van der Waals surface area contributed by atoms with Gasteiger partial charge in [0, 0.05) is 0 Å². The lowest BCUT2D eigenvalue weighted by molar-refractivity contribution is 1.37. The summed E-state index contributed by atoms with van der Waals surface area (Å²) >= 11 is 0. The lowest BCUT2D eigenvalue weighted by atomic mass is 9.75. The van der Waals surface area contributed by atoms with E-state index in [0.29, 0.717) is 0 Å². The molecule has 8 rings (SSSR count). The van der Waals surface area contributed by atoms with Gasteiger partial charge in [0.1, 0.15) is 15.7 Å². The Kier molecular flexibility index (Phi) is 8.00. The molecule has 0 nitrogen and oxygen atoms in total. The highest BCUT2D eigenvalue weighted by Crippen LogP contribution is 2.46. The average molecular weight is 610 g/mol. The number of rotatable bonds is 7. The van der Waals surface area contributed by atoms with E-state index in [1.54, 1.807) is 0 Å². The molecule has 8 aromatic carbocycles. The number of fused-ring (bicyclic) bond motifs is 2. The van der Waals surface area contributed by atoms with Crippen LogP contribution < -0.4 is 0 Å². The van der Waals surface area contributed by atoms with Crippen LogP contribution in [0.2, 0.25) is 0 Å². The second-order valence-electron chi connectivity index (χ2n) is 12.6. The van der Waals surface area contributed by atoms with Crippen molar-refractivity contribution in [3.05, 3.63) is 181 Å². The molecular weight excluding hydrogens is 574 g/mol. The summed E-state index contributed by atoms with van der Waals surface area (Å²) in [5, 5.41) is 5.18. The zero-order chi connectivity index (χ0) is 32.5. The molecule has 0 fully saturated rings. The summed E-state index contributed by atoms with van der Waals surface area (Å²) in [5.74, 6) is 0. The zero-order valence-corrected chi connectivity index (χ0v) is 27.6. The van der Waals surface area contributed by atoms with E-state index in [1.807, 2.05) is 0 Å². The van der Waals surface area contributed by atoms with Gasteiger partial charge >= 0.3 is 0 Å². The van der Waals surface area contributed by atoms with Gasteiger partial charge in [0.25, 0.3) is 0 Å². The monoisotopic (exact) mass is 610 g/mol. The van der Waals surface area contributed by atoms with Crippen LogP contribution in [0.4, 0.5) is 0 Å². The molecule has 0 aliphatic heterocycles. The Balaban J connectivity index is 1.38. The lowest BCUT2D eigenvalue weighted by Crippen LogP contribution is -2.02. The Labute approximate surface area is 285 Å². The Morgan fingerprint density at radius 3 is 1.00 bits per heavy atom. The van der Waals surface area contributed by atoms with Crippen molar-refractivity contribution in [1.82, 2.24) is 0 Å². The van der Waals surface area contributed by atoms with Crippen molar-refractivity contribution in [2.75, 3.05) is 0 Å². The van der Waals surface area contributed by atoms with Crippen LogP contribution in [-0.4, -0.2) is 15.7 Å². The lowest BCUT2D eigenvalue weighted by Gasteiger charge is -2.24. The Morgan fingerprint density at radius 2 is 0.625 bits per heavy atom. The molecule has 0 spiro atoms. The van der Waals surface area contributed by atoms with Crippen molar-refractivity contribution >= 4 is 37.2 Å². The minimum Gasteiger partial charge on any atom is -0.0622 e. The van der Waals surface area contributed by atoms with Gasteiger partial charge < -0.3 is 0 Å². The second kappa shape index (κ2) is 12.9. The Bertz CT molecular complexity index is 2200. The quantitative estimate of drug-likeness (QED) is 0.158. The number of hydrogen-bond donors (Lipinski definition) is 0. The third-order valence-corrected chi connectivity index (χ3v) is 9.88. The van der Waals surface area contributed by atoms with Gasteiger partial charge in [-0.15, -0.1) is 0 Å². The highest BCUT2D eigenvalue weighted by molar-refractivity contribution is 6.17. The standard InChI is InChI=1S/C46H36B2/c47-29-43-41(35-23-19-33(20-24-35)31-11-3-1-4-12-31)27-37-15-7-9-17-39(37)45(43)46-40-18-10-8-16-38(40)28-42(44(46)30-48)36-25-21-34(22-26-36)32-13-5-2-6-14-32/h1-28H,29-30,47-48H2. The van der Waals surface area contributed by atoms with E-state index in [9.17, 15) is 0 Å². The van der Waals surface area contributed by atoms with Gasteiger partial charge in [0.2, 0.25) is 0 Å². The van der Waals surface area contributed by atoms with Crippen LogP contribution in [0.15, 0.2) is 170 Å². The van der Waals surface area contributed by atoms with Gasteiger partial charge in [-0.2, -0.15) is 0 Å². The molecule has 226 valence electrons. The predicted octanol–water partition coefficient (Wildman–Crippen LogP) is 10.6. The molecule has 0 bridgehead atoms. The van der Waals surface area contributed by atoms with Crippen molar-refractivity contribution in [3.8, 4) is 55.6 Å². The molecule has 0 unspecified atom stereocenters. The van der Waals surface area contributed by atoms with E-state index >= 15 is 0 Å². The molecule has 0 aliphatic rings. The highest BCUT2D eigenvalue weighted by Gasteiger charge is 2.22. The molecule has 0 radical (unpaired) electrons. The minimum atomic E-state index is 0.934. The molecular formula is C46H36B2. The molecule has 0 heterocycles. The summed E-state index contributed by atoms with van der Waals surface area (Å²) in [6.07, 6.45) is 1.87. The first-order chi connectivity index (χ1) is 23.7. The van der Waals surface area contributed by atoms with Gasteiger partial charge in [0.15, 0.2) is 0 Å². The van der Waals surface area contributed by atoms with Gasteiger partial charge in [-0.25, -0.2) is 0 Å². The Hall–Kier alpha value is -5.59. The van der Waals surface area contributed by atoms with Crippen molar-refractivity contribution in [1.29, 1.82) is 0 Å². The SMILES string of the molecule is BCc1c(-c2ccc(-c3ccccc3)cc2)cc2ccccc2c1-c1c(CB)c(-c2ccc(-c3ccccc3)cc2)cc2ccccc12. The number of hydrogen-bond acceptors (Lipinski definition) is 0. The largest absolute Gasteiger partial charge is 0.107 e. The normalized spacial score (nSPS) is 11.2. The first-order valence-corrected chi connectivity index (χ1v) is 17.1. The van der Waals surface area contributed by atoms with E-state index in [-0.39, 0.29) is 0 Å². The molecule has 0 aliphatic carbocycles. The molecule has 0 aromatic heterocycles. The van der Waals surface area contributed by atoms with Crippen LogP contribution in [0.25, 0.3) is 77.2 Å². The van der Waals surface area contributed by atoms with E-state index in [1.165, 1.54) is 88.3 Å². The molecule has 0 saturated carbocycles. The third-order valence-electron chi connectivity index (χ3n) is 9.88. The van der Waals surface area contributed by atoms with Crippen LogP contribution in [0.3, 0.4) is 0 Å². The van der Waals surface area contributed by atoms with E-state index in [2.05, 4.69) is 186 Å². The van der Waals surface area contributed by atoms with Gasteiger partial charge in [-0.05, 0) is 100 Å². The maximum Gasteiger partial charge on any atom is 0.107 e. The van der Waals surface area contributed by atoms with Crippen molar-refractivity contribution in [3.63, 3.8) is 0 Å². The molecule has 0 N–H and O–H groups in total. The molecule has 0 amide bonds. The first kappa shape index (κ1) is 29.8. The first-order valence-electron chi connectivity index (χ1n) is 17.1. The minimum absolute atomic E-state index is 0.934. The fourth-order valence-corrected chi connectivity index (χ4v) is 7.55. The topological polar surface area (TPSA) is 0 Å². The van der Waals surface area contributed by atoms with Crippen molar-refractivity contribution < 1.29 is 0 Å². The predicted molar refractivity (Wildman–Crippen MR) is 213 cm³/mol. The highest BCUT2D eigenvalue weighted by atomic mass is 14.2. The summed E-state index contributed by atoms with van der Waals surface area (Å²) in [6, 6.07) is 62.3. The fourth-order valence-electron chi connectivity index (χ4n) is 7.55. The van der Waals surface area contributed by atoms with Crippen LogP contribution in [-0.2, 0) is 12.6 Å². The summed E-state index contributed by atoms with van der Waals surface area (Å²) in [6.45, 7) is 0. The van der Waals surface area contributed by atoms with E-state index < -0.39 is 0 Å². The second-order valence-corrected chi connectivity index (χ2v) is 12.6. The number of benzene rings is 8. The smallest absolute Gasteiger partial charge is 0.0622 e. The van der Waals surface area contributed by atoms with Crippen molar-refractivity contribution in [2.45, 2.75) is 12.6 Å². The summed E-state index contributed by atoms with van der Waals surface area (Å²) < 4.78 is 0. The van der Waals surface area contributed by atoms with Gasteiger partial charge in [0.05, 0.1) is 0 Å². The zero-order valence-electron chi connectivity index (χ0n) is 27.6.